The monoisotopic (exact) mass is 401 g/mol. The zero-order chi connectivity index (χ0) is 20.3. The lowest BCUT2D eigenvalue weighted by Gasteiger charge is -2.41. The third-order valence-electron chi connectivity index (χ3n) is 6.03. The molecule has 1 saturated carbocycles. The molecule has 0 radical (unpaired) electrons. The van der Waals surface area contributed by atoms with Gasteiger partial charge in [-0.15, -0.1) is 0 Å². The van der Waals surface area contributed by atoms with Gasteiger partial charge in [-0.3, -0.25) is 0 Å². The Morgan fingerprint density at radius 1 is 1.00 bits per heavy atom. The molecule has 1 N–H and O–H groups in total. The van der Waals surface area contributed by atoms with Crippen LogP contribution in [0, 0.1) is 0 Å². The Hall–Kier alpha value is -3.28. The molecule has 0 atom stereocenters. The van der Waals surface area contributed by atoms with Crippen LogP contribution in [0.3, 0.4) is 0 Å². The third kappa shape index (κ3) is 3.77. The normalized spacial score (nSPS) is 16.4. The number of methoxy groups -OCH3 is 1. The van der Waals surface area contributed by atoms with Crippen molar-refractivity contribution in [1.29, 1.82) is 0 Å². The highest BCUT2D eigenvalue weighted by Crippen LogP contribution is 2.35. The molecule has 0 amide bonds. The maximum Gasteiger partial charge on any atom is 0.229 e. The quantitative estimate of drug-likeness (QED) is 0.652. The number of ether oxygens (including phenoxy) is 1. The molecule has 6 heteroatoms. The Morgan fingerprint density at radius 2 is 1.77 bits per heavy atom. The molecule has 3 aromatic rings. The van der Waals surface area contributed by atoms with Crippen LogP contribution in [0.15, 0.2) is 60.8 Å². The molecule has 6 nitrogen and oxygen atoms in total. The van der Waals surface area contributed by atoms with Gasteiger partial charge in [0.05, 0.1) is 13.8 Å². The highest BCUT2D eigenvalue weighted by molar-refractivity contribution is 5.61. The molecule has 2 aliphatic rings. The van der Waals surface area contributed by atoms with Crippen LogP contribution in [-0.4, -0.2) is 29.8 Å². The average Bonchev–Trinajstić information content (AvgIpc) is 3.34. The zero-order valence-electron chi connectivity index (χ0n) is 17.3. The maximum absolute atomic E-state index is 5.32. The zero-order valence-corrected chi connectivity index (χ0v) is 17.3. The number of hydrogen-bond acceptors (Lipinski definition) is 6. The molecular weight excluding hydrogens is 374 g/mol. The van der Waals surface area contributed by atoms with Crippen LogP contribution in [0.25, 0.3) is 0 Å². The number of rotatable bonds is 5. The summed E-state index contributed by atoms with van der Waals surface area (Å²) in [5.41, 5.74) is 3.36. The summed E-state index contributed by atoms with van der Waals surface area (Å²) in [6, 6.07) is 18.9. The van der Waals surface area contributed by atoms with Crippen molar-refractivity contribution >= 4 is 23.1 Å². The molecular formula is C24H27N5O. The van der Waals surface area contributed by atoms with Crippen LogP contribution >= 0.6 is 0 Å². The lowest BCUT2D eigenvalue weighted by molar-refractivity contribution is 0.415. The molecule has 1 aromatic heterocycles. The van der Waals surface area contributed by atoms with Crippen molar-refractivity contribution in [3.63, 3.8) is 0 Å². The Balaban J connectivity index is 1.45. The van der Waals surface area contributed by atoms with Gasteiger partial charge in [0.25, 0.3) is 0 Å². The first-order valence-electron chi connectivity index (χ1n) is 10.6. The van der Waals surface area contributed by atoms with E-state index in [1.807, 2.05) is 48.7 Å². The highest BCUT2D eigenvalue weighted by Gasteiger charge is 2.31. The van der Waals surface area contributed by atoms with E-state index in [1.165, 1.54) is 36.9 Å². The summed E-state index contributed by atoms with van der Waals surface area (Å²) >= 11 is 0. The number of nitrogens with zero attached hydrogens (tertiary/aromatic N) is 4. The van der Waals surface area contributed by atoms with E-state index < -0.39 is 0 Å². The van der Waals surface area contributed by atoms with Gasteiger partial charge in [0, 0.05) is 35.7 Å². The summed E-state index contributed by atoms with van der Waals surface area (Å²) in [5, 5.41) is 3.34. The topological polar surface area (TPSA) is 53.5 Å². The molecule has 1 aliphatic carbocycles. The smallest absolute Gasteiger partial charge is 0.229 e. The van der Waals surface area contributed by atoms with Gasteiger partial charge >= 0.3 is 0 Å². The number of aromatic nitrogens is 2. The Labute approximate surface area is 177 Å². The number of fused-ring (bicyclic) bond motifs is 1. The van der Waals surface area contributed by atoms with Crippen molar-refractivity contribution in [3.8, 4) is 5.75 Å². The van der Waals surface area contributed by atoms with Crippen molar-refractivity contribution in [3.05, 3.63) is 66.4 Å². The molecule has 0 spiro atoms. The average molecular weight is 402 g/mol. The molecule has 0 unspecified atom stereocenters. The molecule has 30 heavy (non-hydrogen) atoms. The number of para-hydroxylation sites is 1. The second kappa shape index (κ2) is 8.22. The lowest BCUT2D eigenvalue weighted by Crippen LogP contribution is -2.47. The second-order valence-corrected chi connectivity index (χ2v) is 7.98. The summed E-state index contributed by atoms with van der Waals surface area (Å²) in [7, 11) is 1.70. The number of anilines is 4. The fraction of sp³-hybridized carbons (Fsp3) is 0.333. The first-order valence-corrected chi connectivity index (χ1v) is 10.6. The van der Waals surface area contributed by atoms with Crippen molar-refractivity contribution in [1.82, 2.24) is 9.97 Å². The Kier molecular flexibility index (Phi) is 5.13. The van der Waals surface area contributed by atoms with Crippen molar-refractivity contribution in [2.45, 2.75) is 38.3 Å². The first kappa shape index (κ1) is 18.7. The van der Waals surface area contributed by atoms with Gasteiger partial charge in [-0.1, -0.05) is 31.0 Å². The largest absolute Gasteiger partial charge is 0.497 e. The van der Waals surface area contributed by atoms with E-state index in [9.17, 15) is 0 Å². The second-order valence-electron chi connectivity index (χ2n) is 7.98. The fourth-order valence-corrected chi connectivity index (χ4v) is 4.45. The van der Waals surface area contributed by atoms with Gasteiger partial charge in [-0.25, -0.2) is 4.98 Å². The lowest BCUT2D eigenvalue weighted by atomic mass is 10.1. The summed E-state index contributed by atoms with van der Waals surface area (Å²) < 4.78 is 5.32. The van der Waals surface area contributed by atoms with Gasteiger partial charge in [0.2, 0.25) is 5.95 Å². The summed E-state index contributed by atoms with van der Waals surface area (Å²) in [5.74, 6) is 2.60. The van der Waals surface area contributed by atoms with Gasteiger partial charge in [-0.2, -0.15) is 4.98 Å². The van der Waals surface area contributed by atoms with Crippen molar-refractivity contribution in [2.75, 3.05) is 28.9 Å². The van der Waals surface area contributed by atoms with E-state index in [0.29, 0.717) is 12.0 Å². The molecule has 0 bridgehead atoms. The van der Waals surface area contributed by atoms with Gasteiger partial charge in [0.15, 0.2) is 0 Å². The van der Waals surface area contributed by atoms with Crippen molar-refractivity contribution < 1.29 is 4.74 Å². The van der Waals surface area contributed by atoms with E-state index >= 15 is 0 Å². The van der Waals surface area contributed by atoms with E-state index in [-0.39, 0.29) is 0 Å². The summed E-state index contributed by atoms with van der Waals surface area (Å²) in [6.45, 7) is 1.64. The van der Waals surface area contributed by atoms with Gasteiger partial charge in [0.1, 0.15) is 11.6 Å². The highest BCUT2D eigenvalue weighted by atomic mass is 16.5. The predicted molar refractivity (Wildman–Crippen MR) is 121 cm³/mol. The molecule has 2 heterocycles. The minimum atomic E-state index is 0.532. The Bertz CT molecular complexity index is 986. The summed E-state index contributed by atoms with van der Waals surface area (Å²) in [6.07, 6.45) is 7.01. The van der Waals surface area contributed by atoms with Crippen molar-refractivity contribution in [2.24, 2.45) is 0 Å². The molecule has 5 rings (SSSR count). The number of hydrogen-bond donors (Lipinski definition) is 1. The number of benzene rings is 2. The maximum atomic E-state index is 5.32. The first-order chi connectivity index (χ1) is 14.8. The van der Waals surface area contributed by atoms with E-state index in [2.05, 4.69) is 32.2 Å². The van der Waals surface area contributed by atoms with Crippen LogP contribution < -0.4 is 19.9 Å². The van der Waals surface area contributed by atoms with Crippen LogP contribution in [0.5, 0.6) is 5.75 Å². The minimum absolute atomic E-state index is 0.532. The summed E-state index contributed by atoms with van der Waals surface area (Å²) in [4.78, 5) is 14.4. The van der Waals surface area contributed by atoms with E-state index in [4.69, 9.17) is 9.72 Å². The van der Waals surface area contributed by atoms with Crippen LogP contribution in [0.4, 0.5) is 23.1 Å². The molecule has 154 valence electrons. The molecule has 0 saturated heterocycles. The molecule has 1 fully saturated rings. The molecule has 1 aliphatic heterocycles. The van der Waals surface area contributed by atoms with Crippen LogP contribution in [0.1, 0.15) is 31.2 Å². The van der Waals surface area contributed by atoms with Crippen LogP contribution in [0.2, 0.25) is 0 Å². The fourth-order valence-electron chi connectivity index (χ4n) is 4.45. The Morgan fingerprint density at radius 3 is 2.50 bits per heavy atom. The minimum Gasteiger partial charge on any atom is -0.497 e. The number of nitrogens with one attached hydrogen (secondary N) is 1. The molecule has 2 aromatic carbocycles. The standard InChI is InChI=1S/C24H27N5O/c1-30-22-13-11-20(12-14-22)28-16-18-15-25-24(26-19-7-3-2-4-8-19)27-23(18)29(17-28)21-9-5-6-10-21/h2-4,7-8,11-15,21H,5-6,9-10,16-17H2,1H3,(H,25,26,27). The van der Waals surface area contributed by atoms with E-state index in [0.717, 1.165) is 30.5 Å². The third-order valence-corrected chi connectivity index (χ3v) is 6.03. The van der Waals surface area contributed by atoms with Crippen LogP contribution in [-0.2, 0) is 6.54 Å². The van der Waals surface area contributed by atoms with Gasteiger partial charge < -0.3 is 19.9 Å². The van der Waals surface area contributed by atoms with E-state index in [1.54, 1.807) is 7.11 Å². The SMILES string of the molecule is COc1ccc(N2Cc3cnc(Nc4ccccc4)nc3N(C3CCCC3)C2)cc1. The predicted octanol–water partition coefficient (Wildman–Crippen LogP) is 4.96. The van der Waals surface area contributed by atoms with Gasteiger partial charge in [-0.05, 0) is 49.2 Å².